The van der Waals surface area contributed by atoms with Crippen LogP contribution < -0.4 is 5.32 Å². The van der Waals surface area contributed by atoms with Crippen molar-refractivity contribution >= 4 is 17.2 Å². The van der Waals surface area contributed by atoms with E-state index >= 15 is 0 Å². The van der Waals surface area contributed by atoms with Gasteiger partial charge < -0.3 is 5.32 Å². The van der Waals surface area contributed by atoms with E-state index in [4.69, 9.17) is 0 Å². The zero-order valence-corrected chi connectivity index (χ0v) is 8.07. The number of hydrogen-bond acceptors (Lipinski definition) is 3. The van der Waals surface area contributed by atoms with Crippen molar-refractivity contribution in [1.82, 2.24) is 10.3 Å². The van der Waals surface area contributed by atoms with Crippen molar-refractivity contribution in [2.24, 2.45) is 0 Å². The molecule has 66 valence electrons. The van der Waals surface area contributed by atoms with Crippen molar-refractivity contribution < 1.29 is 4.79 Å². The number of carbonyl (C=O) groups excluding carboxylic acids is 1. The summed E-state index contributed by atoms with van der Waals surface area (Å²) in [6.45, 7) is 4.18. The molecular weight excluding hydrogens is 172 g/mol. The molecule has 0 unspecified atom stereocenters. The fourth-order valence-electron chi connectivity index (χ4n) is 0.890. The number of aryl methyl sites for hydroxylation is 1. The monoisotopic (exact) mass is 184 g/mol. The van der Waals surface area contributed by atoms with Gasteiger partial charge in [0.1, 0.15) is 0 Å². The maximum absolute atomic E-state index is 10.5. The Kier molecular flexibility index (Phi) is 3.22. The van der Waals surface area contributed by atoms with Crippen LogP contribution in [-0.4, -0.2) is 17.4 Å². The van der Waals surface area contributed by atoms with E-state index in [2.05, 4.69) is 10.3 Å². The average molecular weight is 184 g/mol. The Balaban J connectivity index is 2.29. The first kappa shape index (κ1) is 9.19. The average Bonchev–Trinajstić information content (AvgIpc) is 2.35. The smallest absolute Gasteiger partial charge is 0.216 e. The van der Waals surface area contributed by atoms with E-state index < -0.39 is 0 Å². The molecule has 0 bridgehead atoms. The lowest BCUT2D eigenvalue weighted by Gasteiger charge is -1.97. The van der Waals surface area contributed by atoms with Gasteiger partial charge in [-0.25, -0.2) is 4.98 Å². The van der Waals surface area contributed by atoms with Crippen molar-refractivity contribution in [3.63, 3.8) is 0 Å². The van der Waals surface area contributed by atoms with Gasteiger partial charge in [0.2, 0.25) is 5.91 Å². The Labute approximate surface area is 75.8 Å². The molecule has 0 saturated carbocycles. The first-order chi connectivity index (χ1) is 5.68. The van der Waals surface area contributed by atoms with Gasteiger partial charge in [0, 0.05) is 25.3 Å². The van der Waals surface area contributed by atoms with E-state index in [-0.39, 0.29) is 5.91 Å². The van der Waals surface area contributed by atoms with Crippen molar-refractivity contribution in [3.05, 3.63) is 16.1 Å². The van der Waals surface area contributed by atoms with Gasteiger partial charge in [-0.15, -0.1) is 11.3 Å². The van der Waals surface area contributed by atoms with Crippen molar-refractivity contribution in [1.29, 1.82) is 0 Å². The summed E-state index contributed by atoms with van der Waals surface area (Å²) >= 11 is 1.64. The summed E-state index contributed by atoms with van der Waals surface area (Å²) in [4.78, 5) is 14.8. The molecule has 0 fully saturated rings. The third kappa shape index (κ3) is 3.00. The molecule has 1 heterocycles. The second kappa shape index (κ2) is 4.21. The number of nitrogens with one attached hydrogen (secondary N) is 1. The Morgan fingerprint density at radius 1 is 1.75 bits per heavy atom. The Bertz CT molecular complexity index is 270. The molecule has 1 rings (SSSR count). The van der Waals surface area contributed by atoms with Crippen molar-refractivity contribution in [3.8, 4) is 0 Å². The van der Waals surface area contributed by atoms with Gasteiger partial charge >= 0.3 is 0 Å². The fraction of sp³-hybridized carbons (Fsp3) is 0.500. The molecule has 3 nitrogen and oxygen atoms in total. The number of amides is 1. The van der Waals surface area contributed by atoms with Gasteiger partial charge in [-0.1, -0.05) is 0 Å². The lowest BCUT2D eigenvalue weighted by atomic mass is 10.3. The Morgan fingerprint density at radius 3 is 3.00 bits per heavy atom. The van der Waals surface area contributed by atoms with Crippen molar-refractivity contribution in [2.45, 2.75) is 20.3 Å². The van der Waals surface area contributed by atoms with Gasteiger partial charge in [0.05, 0.1) is 10.7 Å². The quantitative estimate of drug-likeness (QED) is 0.765. The highest BCUT2D eigenvalue weighted by Gasteiger charge is 1.97. The molecule has 0 atom stereocenters. The molecule has 1 N–H and O–H groups in total. The van der Waals surface area contributed by atoms with Crippen LogP contribution >= 0.6 is 11.3 Å². The molecule has 12 heavy (non-hydrogen) atoms. The zero-order chi connectivity index (χ0) is 8.97. The predicted octanol–water partition coefficient (Wildman–Crippen LogP) is 1.13. The van der Waals surface area contributed by atoms with Gasteiger partial charge in [0.15, 0.2) is 0 Å². The molecule has 0 aromatic carbocycles. The van der Waals surface area contributed by atoms with Gasteiger partial charge in [-0.05, 0) is 6.92 Å². The van der Waals surface area contributed by atoms with E-state index in [9.17, 15) is 4.79 Å². The minimum absolute atomic E-state index is 0.0157. The molecule has 1 aromatic heterocycles. The molecule has 0 aliphatic carbocycles. The van der Waals surface area contributed by atoms with Crippen LogP contribution in [0.25, 0.3) is 0 Å². The number of rotatable bonds is 3. The van der Waals surface area contributed by atoms with Crippen LogP contribution in [0.3, 0.4) is 0 Å². The molecule has 1 amide bonds. The minimum Gasteiger partial charge on any atom is -0.356 e. The molecule has 4 heteroatoms. The Hall–Kier alpha value is -0.900. The lowest BCUT2D eigenvalue weighted by Crippen LogP contribution is -2.22. The summed E-state index contributed by atoms with van der Waals surface area (Å²) in [7, 11) is 0. The highest BCUT2D eigenvalue weighted by Crippen LogP contribution is 2.07. The standard InChI is InChI=1S/C8H12N2OS/c1-6(11)9-4-3-8-5-12-7(2)10-8/h5H,3-4H2,1-2H3,(H,9,11). The molecular formula is C8H12N2OS. The molecule has 0 aliphatic heterocycles. The second-order valence-corrected chi connectivity index (χ2v) is 3.65. The third-order valence-electron chi connectivity index (χ3n) is 1.42. The molecule has 0 saturated heterocycles. The maximum atomic E-state index is 10.5. The van der Waals surface area contributed by atoms with Crippen LogP contribution in [0, 0.1) is 6.92 Å². The molecule has 0 radical (unpaired) electrons. The minimum atomic E-state index is 0.0157. The summed E-state index contributed by atoms with van der Waals surface area (Å²) in [6, 6.07) is 0. The normalized spacial score (nSPS) is 9.83. The lowest BCUT2D eigenvalue weighted by molar-refractivity contribution is -0.118. The van der Waals surface area contributed by atoms with Gasteiger partial charge in [-0.2, -0.15) is 0 Å². The Morgan fingerprint density at radius 2 is 2.50 bits per heavy atom. The second-order valence-electron chi connectivity index (χ2n) is 2.59. The molecule has 0 spiro atoms. The van der Waals surface area contributed by atoms with E-state index in [0.717, 1.165) is 17.1 Å². The summed E-state index contributed by atoms with van der Waals surface area (Å²) in [6.07, 6.45) is 0.823. The number of hydrogen-bond donors (Lipinski definition) is 1. The molecule has 1 aromatic rings. The van der Waals surface area contributed by atoms with Crippen LogP contribution in [0.1, 0.15) is 17.6 Å². The summed E-state index contributed by atoms with van der Waals surface area (Å²) in [5, 5.41) is 5.83. The topological polar surface area (TPSA) is 42.0 Å². The third-order valence-corrected chi connectivity index (χ3v) is 2.24. The van der Waals surface area contributed by atoms with Crippen LogP contribution in [-0.2, 0) is 11.2 Å². The maximum Gasteiger partial charge on any atom is 0.216 e. The van der Waals surface area contributed by atoms with E-state index in [1.165, 1.54) is 6.92 Å². The van der Waals surface area contributed by atoms with E-state index in [0.29, 0.717) is 6.54 Å². The number of nitrogens with zero attached hydrogens (tertiary/aromatic N) is 1. The highest BCUT2D eigenvalue weighted by molar-refractivity contribution is 7.09. The largest absolute Gasteiger partial charge is 0.356 e. The number of aromatic nitrogens is 1. The van der Waals surface area contributed by atoms with Crippen LogP contribution in [0.5, 0.6) is 0 Å². The number of carbonyl (C=O) groups is 1. The first-order valence-corrected chi connectivity index (χ1v) is 4.72. The van der Waals surface area contributed by atoms with E-state index in [1.54, 1.807) is 11.3 Å². The van der Waals surface area contributed by atoms with Crippen LogP contribution in [0.15, 0.2) is 5.38 Å². The predicted molar refractivity (Wildman–Crippen MR) is 49.2 cm³/mol. The zero-order valence-electron chi connectivity index (χ0n) is 7.26. The summed E-state index contributed by atoms with van der Waals surface area (Å²) in [5.74, 6) is 0.0157. The summed E-state index contributed by atoms with van der Waals surface area (Å²) < 4.78 is 0. The SMILES string of the molecule is CC(=O)NCCc1csc(C)n1. The molecule has 0 aliphatic rings. The van der Waals surface area contributed by atoms with Crippen LogP contribution in [0.2, 0.25) is 0 Å². The fourth-order valence-corrected chi connectivity index (χ4v) is 1.54. The van der Waals surface area contributed by atoms with Crippen molar-refractivity contribution in [2.75, 3.05) is 6.54 Å². The van der Waals surface area contributed by atoms with Crippen LogP contribution in [0.4, 0.5) is 0 Å². The van der Waals surface area contributed by atoms with Gasteiger partial charge in [0.25, 0.3) is 0 Å². The highest BCUT2D eigenvalue weighted by atomic mass is 32.1. The van der Waals surface area contributed by atoms with E-state index in [1.807, 2.05) is 12.3 Å². The first-order valence-electron chi connectivity index (χ1n) is 3.84. The number of thiazole rings is 1. The van der Waals surface area contributed by atoms with Gasteiger partial charge in [-0.3, -0.25) is 4.79 Å². The summed E-state index contributed by atoms with van der Waals surface area (Å²) in [5.41, 5.74) is 1.06.